The van der Waals surface area contributed by atoms with Gasteiger partial charge in [-0.3, -0.25) is 0 Å². The van der Waals surface area contributed by atoms with Gasteiger partial charge in [-0.05, 0) is 79.8 Å². The topological polar surface area (TPSA) is 0 Å². The average Bonchev–Trinajstić information content (AvgIpc) is 3.64. The first-order valence-electron chi connectivity index (χ1n) is 17.6. The van der Waals surface area contributed by atoms with Gasteiger partial charge in [-0.15, -0.1) is 33.4 Å². The molecule has 0 bridgehead atoms. The monoisotopic (exact) mass is 845 g/mol. The summed E-state index contributed by atoms with van der Waals surface area (Å²) in [5.41, 5.74) is 12.5. The van der Waals surface area contributed by atoms with Gasteiger partial charge in [0.2, 0.25) is 0 Å². The van der Waals surface area contributed by atoms with Gasteiger partial charge in [-0.2, -0.15) is 0 Å². The zero-order valence-corrected chi connectivity index (χ0v) is 38.2. The smallest absolute Gasteiger partial charge is 1.00 e. The van der Waals surface area contributed by atoms with Gasteiger partial charge in [-0.25, -0.2) is 0 Å². The van der Waals surface area contributed by atoms with Crippen LogP contribution < -0.4 is 35.3 Å². The van der Waals surface area contributed by atoms with Crippen molar-refractivity contribution in [1.29, 1.82) is 0 Å². The van der Waals surface area contributed by atoms with Crippen molar-refractivity contribution in [3.05, 3.63) is 154 Å². The van der Waals surface area contributed by atoms with Gasteiger partial charge in [-0.1, -0.05) is 183 Å². The van der Waals surface area contributed by atoms with Gasteiger partial charge in [0.15, 0.2) is 0 Å². The molecule has 4 aromatic carbocycles. The molecule has 6 rings (SSSR count). The summed E-state index contributed by atoms with van der Waals surface area (Å²) in [5, 5.41) is 6.46. The van der Waals surface area contributed by atoms with E-state index in [1.165, 1.54) is 65.4 Å². The molecule has 0 spiro atoms. The summed E-state index contributed by atoms with van der Waals surface area (Å²) in [6.45, 7) is 28.3. The maximum absolute atomic E-state index is 6.54. The molecule has 4 aromatic rings. The molecule has 0 aliphatic heterocycles. The van der Waals surface area contributed by atoms with Crippen molar-refractivity contribution in [3.63, 3.8) is 0 Å². The zero-order chi connectivity index (χ0) is 35.8. The molecule has 1 radical (unpaired) electrons. The summed E-state index contributed by atoms with van der Waals surface area (Å²) in [7, 11) is 0. The molecule has 52 heavy (non-hydrogen) atoms. The fraction of sp³-hybridized carbons (Fsp3) is 0.362. The van der Waals surface area contributed by atoms with Crippen LogP contribution in [0.1, 0.15) is 134 Å². The maximum atomic E-state index is 6.54. The molecular formula is C47H51Cl4Zr. The minimum atomic E-state index is -0.195. The van der Waals surface area contributed by atoms with E-state index < -0.39 is 0 Å². The van der Waals surface area contributed by atoms with Crippen LogP contribution in [0.5, 0.6) is 0 Å². The first kappa shape index (κ1) is 44.5. The van der Waals surface area contributed by atoms with Gasteiger partial charge in [0, 0.05) is 10.0 Å². The molecule has 0 amide bonds. The normalized spacial score (nSPS) is 13.6. The summed E-state index contributed by atoms with van der Waals surface area (Å²) < 4.78 is 0. The molecule has 0 aromatic heterocycles. The zero-order valence-electron chi connectivity index (χ0n) is 32.7. The fourth-order valence-electron chi connectivity index (χ4n) is 7.82. The van der Waals surface area contributed by atoms with Crippen molar-refractivity contribution < 1.29 is 51.0 Å². The Bertz CT molecular complexity index is 2220. The Morgan fingerprint density at radius 3 is 1.48 bits per heavy atom. The molecule has 0 unspecified atom stereocenters. The molecular weight excluding hydrogens is 798 g/mol. The Hall–Kier alpha value is -1.86. The first-order valence-corrected chi connectivity index (χ1v) is 18.4. The number of halogens is 4. The molecule has 0 saturated heterocycles. The number of hydrogen-bond acceptors (Lipinski definition) is 0. The molecule has 0 nitrogen and oxygen atoms in total. The number of allylic oxidation sites excluding steroid dienone is 4. The molecule has 271 valence electrons. The Morgan fingerprint density at radius 2 is 1.08 bits per heavy atom. The molecule has 0 N–H and O–H groups in total. The molecule has 5 heteroatoms. The third-order valence-electron chi connectivity index (χ3n) is 9.91. The summed E-state index contributed by atoms with van der Waals surface area (Å²) in [6.07, 6.45) is 11.8. The van der Waals surface area contributed by atoms with E-state index in [-0.39, 0.29) is 72.7 Å². The SMILES string of the molecule is CC(C)(C)c1cc2c(cc1C(C)(C)C)=c1c(c(C3=CC=CC3)c(C(C)(C)C)c(C(C)(C)C)c1=C(c1ccc(Cl)cc1)c1ccc(Cl)cc1)[C-]=2.[Cl-].[Cl-].[Zr+3]. The van der Waals surface area contributed by atoms with Crippen LogP contribution in [0.15, 0.2) is 78.9 Å². The van der Waals surface area contributed by atoms with Crippen LogP contribution >= 0.6 is 23.2 Å². The Balaban J connectivity index is 0.00000243. The fourth-order valence-corrected chi connectivity index (χ4v) is 8.07. The van der Waals surface area contributed by atoms with E-state index in [0.29, 0.717) is 0 Å². The second-order valence-corrected chi connectivity index (χ2v) is 18.9. The van der Waals surface area contributed by atoms with Crippen LogP contribution in [0.25, 0.3) is 17.2 Å². The molecule has 2 aliphatic rings. The molecule has 0 atom stereocenters. The third kappa shape index (κ3) is 8.36. The van der Waals surface area contributed by atoms with E-state index in [1.54, 1.807) is 0 Å². The minimum absolute atomic E-state index is 0. The van der Waals surface area contributed by atoms with Crippen molar-refractivity contribution in [3.8, 4) is 0 Å². The number of fused-ring (bicyclic) bond motifs is 2. The van der Waals surface area contributed by atoms with Crippen LogP contribution in [0.2, 0.25) is 10.0 Å². The predicted octanol–water partition coefficient (Wildman–Crippen LogP) is 6.09. The Morgan fingerprint density at radius 1 is 0.615 bits per heavy atom. The summed E-state index contributed by atoms with van der Waals surface area (Å²) >= 11 is 13.1. The second-order valence-electron chi connectivity index (χ2n) is 18.0. The van der Waals surface area contributed by atoms with Crippen molar-refractivity contribution in [2.45, 2.75) is 111 Å². The van der Waals surface area contributed by atoms with Gasteiger partial charge in [0.25, 0.3) is 0 Å². The van der Waals surface area contributed by atoms with Crippen molar-refractivity contribution in [2.24, 2.45) is 0 Å². The average molecular weight is 849 g/mol. The second kappa shape index (κ2) is 15.7. The van der Waals surface area contributed by atoms with Crippen LogP contribution in [0, 0.1) is 10.4 Å². The van der Waals surface area contributed by atoms with Crippen LogP contribution in [0.4, 0.5) is 0 Å². The summed E-state index contributed by atoms with van der Waals surface area (Å²) in [5.74, 6) is 0. The third-order valence-corrected chi connectivity index (χ3v) is 10.4. The molecule has 2 aliphatic carbocycles. The number of benzene rings is 4. The van der Waals surface area contributed by atoms with E-state index in [9.17, 15) is 0 Å². The summed E-state index contributed by atoms with van der Waals surface area (Å²) in [6, 6.07) is 21.7. The van der Waals surface area contributed by atoms with E-state index in [4.69, 9.17) is 23.2 Å². The van der Waals surface area contributed by atoms with E-state index in [0.717, 1.165) is 27.6 Å². The largest absolute Gasteiger partial charge is 3.00 e. The van der Waals surface area contributed by atoms with Gasteiger partial charge < -0.3 is 24.8 Å². The number of rotatable bonds is 3. The molecule has 0 heterocycles. The van der Waals surface area contributed by atoms with Gasteiger partial charge >= 0.3 is 26.2 Å². The summed E-state index contributed by atoms with van der Waals surface area (Å²) in [4.78, 5) is 0. The first-order chi connectivity index (χ1) is 22.7. The van der Waals surface area contributed by atoms with Crippen LogP contribution in [-0.2, 0) is 47.9 Å². The van der Waals surface area contributed by atoms with Crippen LogP contribution in [-0.4, -0.2) is 0 Å². The molecule has 0 fully saturated rings. The van der Waals surface area contributed by atoms with Crippen molar-refractivity contribution >= 4 is 40.4 Å². The van der Waals surface area contributed by atoms with Crippen LogP contribution in [0.3, 0.4) is 0 Å². The molecule has 0 saturated carbocycles. The van der Waals surface area contributed by atoms with Gasteiger partial charge in [0.05, 0.1) is 0 Å². The van der Waals surface area contributed by atoms with Crippen molar-refractivity contribution in [1.82, 2.24) is 0 Å². The number of hydrogen-bond donors (Lipinski definition) is 0. The van der Waals surface area contributed by atoms with E-state index in [2.05, 4.69) is 144 Å². The Kier molecular flexibility index (Phi) is 13.5. The Labute approximate surface area is 354 Å². The predicted molar refractivity (Wildman–Crippen MR) is 213 cm³/mol. The van der Waals surface area contributed by atoms with E-state index >= 15 is 0 Å². The van der Waals surface area contributed by atoms with E-state index in [1.807, 2.05) is 24.3 Å². The standard InChI is InChI=1S/C47H51Cl2.2ClH.Zr/c1-44(2,3)36-26-31-25-35-39(28-15-13-14-16-28)42(46(7,8)9)43(47(10,11)12)41(40(35)34(31)27-37(36)45(4,5)6)38(29-17-21-32(48)22-18-29)30-19-23-33(49)24-20-30;;;/h13-15,17-24,26-27H,16H2,1-12H3;2*1H;/q-1;;;+3/p-2. The van der Waals surface area contributed by atoms with Crippen molar-refractivity contribution in [2.75, 3.05) is 0 Å². The quantitative estimate of drug-likeness (QED) is 0.193. The van der Waals surface area contributed by atoms with Gasteiger partial charge in [0.1, 0.15) is 0 Å². The minimum Gasteiger partial charge on any atom is -1.00 e. The maximum Gasteiger partial charge on any atom is 3.00 e.